The van der Waals surface area contributed by atoms with Crippen molar-refractivity contribution in [2.24, 2.45) is 0 Å². The van der Waals surface area contributed by atoms with Crippen molar-refractivity contribution < 1.29 is 14.3 Å². The molecule has 3 aromatic rings. The van der Waals surface area contributed by atoms with Gasteiger partial charge in [0.2, 0.25) is 0 Å². The first-order chi connectivity index (χ1) is 14.6. The van der Waals surface area contributed by atoms with Crippen LogP contribution in [0, 0.1) is 6.92 Å². The summed E-state index contributed by atoms with van der Waals surface area (Å²) in [6.07, 6.45) is -0.578. The van der Waals surface area contributed by atoms with Gasteiger partial charge in [-0.05, 0) is 30.2 Å². The fraction of sp³-hybridized carbons (Fsp3) is 0.375. The Balaban J connectivity index is 0.00000181. The molecule has 2 aromatic carbocycles. The maximum absolute atomic E-state index is 11.6. The Morgan fingerprint density at radius 3 is 2.41 bits per heavy atom. The Bertz CT molecular complexity index is 1040. The van der Waals surface area contributed by atoms with Gasteiger partial charge in [-0.3, -0.25) is 9.80 Å². The molecule has 2 heterocycles. The van der Waals surface area contributed by atoms with Crippen molar-refractivity contribution in [2.75, 3.05) is 39.3 Å². The summed E-state index contributed by atoms with van der Waals surface area (Å²) in [6, 6.07) is 17.4. The van der Waals surface area contributed by atoms with Crippen LogP contribution in [0.25, 0.3) is 11.0 Å². The van der Waals surface area contributed by atoms with Gasteiger partial charge in [0.15, 0.2) is 0 Å². The molecule has 1 atom stereocenters. The van der Waals surface area contributed by atoms with Crippen LogP contribution >= 0.6 is 24.8 Å². The Morgan fingerprint density at radius 2 is 1.69 bits per heavy atom. The quantitative estimate of drug-likeness (QED) is 0.522. The number of aliphatic hydroxyl groups is 1. The van der Waals surface area contributed by atoms with Crippen molar-refractivity contribution in [3.63, 3.8) is 0 Å². The third kappa shape index (κ3) is 6.95. The van der Waals surface area contributed by atoms with Gasteiger partial charge in [0, 0.05) is 56.8 Å². The molecular weight excluding hydrogens is 451 g/mol. The maximum Gasteiger partial charge on any atom is 0.336 e. The minimum atomic E-state index is -0.578. The van der Waals surface area contributed by atoms with E-state index >= 15 is 0 Å². The highest BCUT2D eigenvalue weighted by molar-refractivity contribution is 5.85. The molecule has 0 amide bonds. The summed E-state index contributed by atoms with van der Waals surface area (Å²) in [6.45, 7) is 7.49. The van der Waals surface area contributed by atoms with Crippen molar-refractivity contribution in [2.45, 2.75) is 19.6 Å². The van der Waals surface area contributed by atoms with E-state index in [2.05, 4.69) is 34.1 Å². The maximum atomic E-state index is 11.6. The molecule has 1 N–H and O–H groups in total. The number of halogens is 2. The summed E-state index contributed by atoms with van der Waals surface area (Å²) < 4.78 is 11.0. The number of ether oxygens (including phenoxy) is 1. The number of β-amino-alcohol motifs (C(OH)–C–C–N with tert-alkyl or cyclic N) is 1. The number of piperazine rings is 1. The minimum Gasteiger partial charge on any atom is -0.491 e. The Hall–Kier alpha value is -2.09. The van der Waals surface area contributed by atoms with Gasteiger partial charge in [0.25, 0.3) is 0 Å². The summed E-state index contributed by atoms with van der Waals surface area (Å²) in [7, 11) is 0. The van der Waals surface area contributed by atoms with Crippen LogP contribution in [0.4, 0.5) is 0 Å². The molecule has 0 unspecified atom stereocenters. The van der Waals surface area contributed by atoms with Crippen LogP contribution in [0.5, 0.6) is 5.75 Å². The third-order valence-corrected chi connectivity index (χ3v) is 5.55. The van der Waals surface area contributed by atoms with Crippen LogP contribution in [0.15, 0.2) is 63.8 Å². The molecule has 1 aliphatic rings. The first kappa shape index (κ1) is 26.2. The van der Waals surface area contributed by atoms with Gasteiger partial charge in [-0.25, -0.2) is 4.79 Å². The second kappa shape index (κ2) is 12.2. The number of fused-ring (bicyclic) bond motifs is 1. The van der Waals surface area contributed by atoms with Crippen molar-refractivity contribution in [3.8, 4) is 5.75 Å². The number of benzene rings is 2. The molecule has 1 aromatic heterocycles. The monoisotopic (exact) mass is 480 g/mol. The largest absolute Gasteiger partial charge is 0.491 e. The normalized spacial score (nSPS) is 15.6. The molecule has 0 aliphatic carbocycles. The fourth-order valence-corrected chi connectivity index (χ4v) is 3.91. The van der Waals surface area contributed by atoms with Crippen LogP contribution in [0.3, 0.4) is 0 Å². The molecule has 1 fully saturated rings. The standard InChI is InChI=1S/C24H28N2O4.2ClH/c1-18-13-24(28)30-23-14-21(7-8-22(18)23)29-17-20(27)16-26-11-9-25(10-12-26)15-19-5-3-2-4-6-19;;/h2-8,13-14,20,27H,9-12,15-17H2,1H3;2*1H/t20-;;/m0../s1. The Labute approximate surface area is 200 Å². The van der Waals surface area contributed by atoms with Gasteiger partial charge in [0.05, 0.1) is 0 Å². The number of rotatable bonds is 7. The summed E-state index contributed by atoms with van der Waals surface area (Å²) in [4.78, 5) is 16.3. The topological polar surface area (TPSA) is 66.2 Å². The van der Waals surface area contributed by atoms with E-state index in [9.17, 15) is 9.90 Å². The highest BCUT2D eigenvalue weighted by atomic mass is 35.5. The van der Waals surface area contributed by atoms with E-state index in [4.69, 9.17) is 9.15 Å². The number of hydrogen-bond acceptors (Lipinski definition) is 6. The molecule has 1 saturated heterocycles. The highest BCUT2D eigenvalue weighted by Crippen LogP contribution is 2.22. The van der Waals surface area contributed by atoms with Crippen molar-refractivity contribution in [3.05, 3.63) is 76.1 Å². The van der Waals surface area contributed by atoms with Gasteiger partial charge in [0.1, 0.15) is 24.0 Å². The van der Waals surface area contributed by atoms with Crippen molar-refractivity contribution in [1.82, 2.24) is 9.80 Å². The van der Waals surface area contributed by atoms with Crippen molar-refractivity contribution >= 4 is 35.8 Å². The van der Waals surface area contributed by atoms with Gasteiger partial charge < -0.3 is 14.3 Å². The van der Waals surface area contributed by atoms with E-state index in [-0.39, 0.29) is 37.0 Å². The van der Waals surface area contributed by atoms with Gasteiger partial charge in [-0.2, -0.15) is 0 Å². The van der Waals surface area contributed by atoms with E-state index in [1.807, 2.05) is 25.1 Å². The smallest absolute Gasteiger partial charge is 0.336 e. The fourth-order valence-electron chi connectivity index (χ4n) is 3.91. The van der Waals surface area contributed by atoms with E-state index in [0.29, 0.717) is 17.9 Å². The molecule has 8 heteroatoms. The van der Waals surface area contributed by atoms with Gasteiger partial charge in [-0.15, -0.1) is 24.8 Å². The molecule has 6 nitrogen and oxygen atoms in total. The molecule has 0 spiro atoms. The molecule has 0 bridgehead atoms. The lowest BCUT2D eigenvalue weighted by molar-refractivity contribution is 0.0446. The van der Waals surface area contributed by atoms with Crippen LogP contribution < -0.4 is 10.4 Å². The van der Waals surface area contributed by atoms with E-state index in [1.165, 1.54) is 11.6 Å². The Kier molecular flexibility index (Phi) is 10.0. The molecule has 0 radical (unpaired) electrons. The molecule has 174 valence electrons. The first-order valence-corrected chi connectivity index (χ1v) is 10.4. The third-order valence-electron chi connectivity index (χ3n) is 5.55. The average molecular weight is 481 g/mol. The van der Waals surface area contributed by atoms with Crippen LogP contribution in [0.1, 0.15) is 11.1 Å². The molecular formula is C24H30Cl2N2O4. The lowest BCUT2D eigenvalue weighted by atomic mass is 10.1. The SMILES string of the molecule is Cc1cc(=O)oc2cc(OC[C@@H](O)CN3CCN(Cc4ccccc4)CC3)ccc12.Cl.Cl. The molecule has 4 rings (SSSR count). The summed E-state index contributed by atoms with van der Waals surface area (Å²) in [5, 5.41) is 11.3. The number of aryl methyl sites for hydroxylation is 1. The van der Waals surface area contributed by atoms with E-state index in [0.717, 1.165) is 43.7 Å². The predicted molar refractivity (Wildman–Crippen MR) is 131 cm³/mol. The average Bonchev–Trinajstić information content (AvgIpc) is 2.74. The molecule has 0 saturated carbocycles. The lowest BCUT2D eigenvalue weighted by Gasteiger charge is -2.35. The zero-order chi connectivity index (χ0) is 20.9. The number of aliphatic hydroxyl groups excluding tert-OH is 1. The molecule has 1 aliphatic heterocycles. The first-order valence-electron chi connectivity index (χ1n) is 10.4. The zero-order valence-electron chi connectivity index (χ0n) is 18.1. The molecule has 32 heavy (non-hydrogen) atoms. The predicted octanol–water partition coefficient (Wildman–Crippen LogP) is 3.50. The zero-order valence-corrected chi connectivity index (χ0v) is 19.7. The summed E-state index contributed by atoms with van der Waals surface area (Å²) in [5.74, 6) is 0.586. The second-order valence-electron chi connectivity index (χ2n) is 7.93. The van der Waals surface area contributed by atoms with Crippen LogP contribution in [0.2, 0.25) is 0 Å². The van der Waals surface area contributed by atoms with Gasteiger partial charge in [-0.1, -0.05) is 30.3 Å². The second-order valence-corrected chi connectivity index (χ2v) is 7.93. The summed E-state index contributed by atoms with van der Waals surface area (Å²) in [5.41, 5.74) is 2.34. The highest BCUT2D eigenvalue weighted by Gasteiger charge is 2.19. The number of nitrogens with zero attached hydrogens (tertiary/aromatic N) is 2. The van der Waals surface area contributed by atoms with E-state index in [1.54, 1.807) is 6.07 Å². The summed E-state index contributed by atoms with van der Waals surface area (Å²) >= 11 is 0. The Morgan fingerprint density at radius 1 is 1.00 bits per heavy atom. The van der Waals surface area contributed by atoms with E-state index < -0.39 is 6.10 Å². The van der Waals surface area contributed by atoms with Crippen LogP contribution in [-0.2, 0) is 6.54 Å². The minimum absolute atomic E-state index is 0. The number of hydrogen-bond donors (Lipinski definition) is 1. The lowest BCUT2D eigenvalue weighted by Crippen LogP contribution is -2.48. The van der Waals surface area contributed by atoms with Crippen LogP contribution in [-0.4, -0.2) is 60.3 Å². The van der Waals surface area contributed by atoms with Crippen molar-refractivity contribution in [1.29, 1.82) is 0 Å². The van der Waals surface area contributed by atoms with Gasteiger partial charge >= 0.3 is 5.63 Å².